The lowest BCUT2D eigenvalue weighted by molar-refractivity contribution is -0.384. The summed E-state index contributed by atoms with van der Waals surface area (Å²) in [6, 6.07) is 6.80. The topological polar surface area (TPSA) is 163 Å². The van der Waals surface area contributed by atoms with E-state index in [1.807, 2.05) is 0 Å². The van der Waals surface area contributed by atoms with E-state index < -0.39 is 28.8 Å². The molecule has 4 saturated carbocycles. The molecule has 2 amide bonds. The van der Waals surface area contributed by atoms with Crippen molar-refractivity contribution in [2.45, 2.75) is 67.7 Å². The molecule has 5 aliphatic rings. The first-order valence-electron chi connectivity index (χ1n) is 13.5. The van der Waals surface area contributed by atoms with Gasteiger partial charge in [-0.3, -0.25) is 19.8 Å². The molecule has 214 valence electrons. The molecule has 13 heteroatoms. The molecule has 4 aliphatic carbocycles. The minimum absolute atomic E-state index is 0.103. The van der Waals surface area contributed by atoms with Gasteiger partial charge in [0.25, 0.3) is 5.69 Å². The first-order chi connectivity index (χ1) is 19.1. The highest BCUT2D eigenvalue weighted by atomic mass is 32.2. The van der Waals surface area contributed by atoms with Crippen molar-refractivity contribution in [3.05, 3.63) is 34.4 Å². The Labute approximate surface area is 235 Å². The highest BCUT2D eigenvalue weighted by molar-refractivity contribution is 8.00. The average molecular weight is 573 g/mol. The maximum absolute atomic E-state index is 13.1. The lowest BCUT2D eigenvalue weighted by Gasteiger charge is -2.64. The number of carbonyl (C=O) groups is 3. The Kier molecular flexibility index (Phi) is 7.81. The molecule has 6 rings (SSSR count). The highest BCUT2D eigenvalue weighted by Crippen LogP contribution is 2.63. The molecule has 0 spiro atoms. The second-order valence-electron chi connectivity index (χ2n) is 11.4. The molecular weight excluding hydrogens is 540 g/mol. The Morgan fingerprint density at radius 2 is 1.90 bits per heavy atom. The fourth-order valence-corrected chi connectivity index (χ4v) is 9.30. The molecule has 0 aromatic heterocycles. The number of amides is 2. The van der Waals surface area contributed by atoms with Gasteiger partial charge in [0.1, 0.15) is 24.9 Å². The van der Waals surface area contributed by atoms with Crippen LogP contribution in [0.2, 0.25) is 0 Å². The van der Waals surface area contributed by atoms with E-state index in [0.29, 0.717) is 37.0 Å². The third-order valence-electron chi connectivity index (χ3n) is 8.76. The van der Waals surface area contributed by atoms with Gasteiger partial charge in [-0.15, -0.1) is 0 Å². The van der Waals surface area contributed by atoms with Gasteiger partial charge in [0.2, 0.25) is 5.91 Å². The number of carbonyl (C=O) groups excluding carboxylic acids is 2. The number of carboxylic acid groups (broad SMARTS) is 1. The summed E-state index contributed by atoms with van der Waals surface area (Å²) in [5, 5.41) is 30.4. The number of rotatable bonds is 9. The van der Waals surface area contributed by atoms with Crippen LogP contribution in [0.5, 0.6) is 5.75 Å². The summed E-state index contributed by atoms with van der Waals surface area (Å²) in [5.41, 5.74) is -0.727. The zero-order chi connectivity index (χ0) is 28.5. The number of hydrogen-bond donors (Lipinski definition) is 1. The van der Waals surface area contributed by atoms with E-state index in [2.05, 4.69) is 6.07 Å². The molecule has 1 aromatic carbocycles. The van der Waals surface area contributed by atoms with Crippen LogP contribution in [0.25, 0.3) is 0 Å². The second kappa shape index (κ2) is 11.2. The molecule has 4 bridgehead atoms. The molecule has 1 heterocycles. The van der Waals surface area contributed by atoms with E-state index >= 15 is 0 Å². The Balaban J connectivity index is 1.19. The van der Waals surface area contributed by atoms with E-state index in [1.165, 1.54) is 34.1 Å². The van der Waals surface area contributed by atoms with Crippen molar-refractivity contribution in [2.24, 2.45) is 11.8 Å². The molecule has 2 unspecified atom stereocenters. The van der Waals surface area contributed by atoms with Crippen LogP contribution in [-0.4, -0.2) is 79.8 Å². The van der Waals surface area contributed by atoms with E-state index in [9.17, 15) is 34.9 Å². The van der Waals surface area contributed by atoms with Gasteiger partial charge in [0.05, 0.1) is 11.0 Å². The normalized spacial score (nSPS) is 30.0. The first-order valence-corrected chi connectivity index (χ1v) is 14.5. The van der Waals surface area contributed by atoms with E-state index in [0.717, 1.165) is 38.5 Å². The Hall–Kier alpha value is -3.53. The fourth-order valence-electron chi connectivity index (χ4n) is 7.62. The second-order valence-corrected chi connectivity index (χ2v) is 13.0. The van der Waals surface area contributed by atoms with Crippen LogP contribution >= 0.6 is 11.8 Å². The smallest absolute Gasteiger partial charge is 0.465 e. The van der Waals surface area contributed by atoms with Gasteiger partial charge in [-0.25, -0.2) is 9.59 Å². The number of ether oxygens (including phenoxy) is 2. The molecule has 1 N–H and O–H groups in total. The predicted octanol–water partition coefficient (Wildman–Crippen LogP) is 4.43. The van der Waals surface area contributed by atoms with Crippen molar-refractivity contribution in [2.75, 3.05) is 25.4 Å². The Morgan fingerprint density at radius 3 is 2.52 bits per heavy atom. The molecule has 5 fully saturated rings. The van der Waals surface area contributed by atoms with E-state index in [4.69, 9.17) is 9.47 Å². The number of nitro benzene ring substituents is 1. The predicted molar refractivity (Wildman–Crippen MR) is 143 cm³/mol. The number of nitrogens with zero attached hydrogens (tertiary/aromatic N) is 4. The van der Waals surface area contributed by atoms with Crippen molar-refractivity contribution < 1.29 is 33.9 Å². The summed E-state index contributed by atoms with van der Waals surface area (Å²) < 4.78 is 10.2. The van der Waals surface area contributed by atoms with Crippen LogP contribution in [0.1, 0.15) is 51.4 Å². The van der Waals surface area contributed by atoms with Gasteiger partial charge in [0, 0.05) is 34.7 Å². The lowest BCUT2D eigenvalue weighted by Crippen LogP contribution is -2.66. The molecule has 0 radical (unpaired) electrons. The van der Waals surface area contributed by atoms with Crippen molar-refractivity contribution in [3.63, 3.8) is 0 Å². The SMILES string of the molecule is N#C[C@@H]1CCCN1C(=O)CN(C(=O)O)C12CC3CC(CC(SCCOC(=O)Oc4ccc([N+](=O)[O-])cc4)(C3)C1)C2. The molecule has 12 nitrogen and oxygen atoms in total. The van der Waals surface area contributed by atoms with Crippen molar-refractivity contribution in [3.8, 4) is 11.8 Å². The molecule has 1 aliphatic heterocycles. The monoisotopic (exact) mass is 572 g/mol. The Bertz CT molecular complexity index is 1200. The summed E-state index contributed by atoms with van der Waals surface area (Å²) in [5.74, 6) is 1.09. The van der Waals surface area contributed by atoms with Crippen LogP contribution < -0.4 is 4.74 Å². The number of thioether (sulfide) groups is 1. The van der Waals surface area contributed by atoms with Crippen LogP contribution in [0.15, 0.2) is 24.3 Å². The molecule has 3 atom stereocenters. The van der Waals surface area contributed by atoms with Gasteiger partial charge in [-0.05, 0) is 75.3 Å². The number of non-ortho nitro benzene ring substituents is 1. The van der Waals surface area contributed by atoms with E-state index in [1.54, 1.807) is 11.8 Å². The molecule has 1 saturated heterocycles. The summed E-state index contributed by atoms with van der Waals surface area (Å²) in [7, 11) is 0. The van der Waals surface area contributed by atoms with Crippen LogP contribution in [0.4, 0.5) is 15.3 Å². The van der Waals surface area contributed by atoms with Crippen molar-refractivity contribution in [1.29, 1.82) is 5.26 Å². The zero-order valence-electron chi connectivity index (χ0n) is 22.0. The minimum Gasteiger partial charge on any atom is -0.465 e. The fraction of sp³-hybridized carbons (Fsp3) is 0.630. The largest absolute Gasteiger partial charge is 0.513 e. The number of hydrogen-bond acceptors (Lipinski definition) is 9. The standard InChI is InChI=1S/C27H32N4O8S/c28-15-21-2-1-7-29(21)23(32)16-30(24(33)34)26-11-18-10-19(12-26)14-27(13-18,17-26)40-9-8-38-25(35)39-22-5-3-20(4-6-22)31(36)37/h3-6,18-19,21H,1-2,7-14,16-17H2,(H,33,34)/t18?,19?,21-,26?,27?/m0/s1. The number of nitriles is 1. The van der Waals surface area contributed by atoms with Crippen molar-refractivity contribution in [1.82, 2.24) is 9.80 Å². The molecule has 1 aromatic rings. The summed E-state index contributed by atoms with van der Waals surface area (Å²) in [6.45, 7) is 0.354. The number of likely N-dealkylation sites (tertiary alicyclic amines) is 1. The molecule has 40 heavy (non-hydrogen) atoms. The van der Waals surface area contributed by atoms with Crippen LogP contribution in [0.3, 0.4) is 0 Å². The summed E-state index contributed by atoms with van der Waals surface area (Å²) in [6.07, 6.45) is 4.49. The highest BCUT2D eigenvalue weighted by Gasteiger charge is 2.61. The summed E-state index contributed by atoms with van der Waals surface area (Å²) in [4.78, 5) is 50.9. The third kappa shape index (κ3) is 5.68. The molecular formula is C27H32N4O8S. The van der Waals surface area contributed by atoms with Gasteiger partial charge < -0.3 is 19.5 Å². The first kappa shape index (κ1) is 28.0. The minimum atomic E-state index is -1.10. The van der Waals surface area contributed by atoms with Gasteiger partial charge in [0.15, 0.2) is 0 Å². The van der Waals surface area contributed by atoms with Crippen molar-refractivity contribution >= 4 is 35.6 Å². The van der Waals surface area contributed by atoms with E-state index in [-0.39, 0.29) is 35.2 Å². The number of nitro groups is 1. The third-order valence-corrected chi connectivity index (χ3v) is 10.2. The quantitative estimate of drug-likeness (QED) is 0.147. The average Bonchev–Trinajstić information content (AvgIpc) is 3.38. The van der Waals surface area contributed by atoms with Crippen LogP contribution in [-0.2, 0) is 9.53 Å². The maximum atomic E-state index is 13.1. The number of benzene rings is 1. The lowest BCUT2D eigenvalue weighted by atomic mass is 9.52. The summed E-state index contributed by atoms with van der Waals surface area (Å²) >= 11 is 1.70. The van der Waals surface area contributed by atoms with Gasteiger partial charge in [-0.2, -0.15) is 17.0 Å². The Morgan fingerprint density at radius 1 is 1.20 bits per heavy atom. The van der Waals surface area contributed by atoms with Gasteiger partial charge in [-0.1, -0.05) is 0 Å². The zero-order valence-corrected chi connectivity index (χ0v) is 22.8. The maximum Gasteiger partial charge on any atom is 0.513 e. The van der Waals surface area contributed by atoms with Gasteiger partial charge >= 0.3 is 12.2 Å². The van der Waals surface area contributed by atoms with Crippen LogP contribution in [0, 0.1) is 33.3 Å².